The van der Waals surface area contributed by atoms with Crippen molar-refractivity contribution in [1.29, 1.82) is 0 Å². The van der Waals surface area contributed by atoms with Crippen LogP contribution in [-0.4, -0.2) is 54.5 Å². The molecule has 0 aromatic carbocycles. The first-order valence-corrected chi connectivity index (χ1v) is 7.34. The van der Waals surface area contributed by atoms with Crippen LogP contribution in [0, 0.1) is 0 Å². The monoisotopic (exact) mass is 255 g/mol. The molecule has 2 atom stereocenters. The predicted molar refractivity (Wildman–Crippen MR) is 75.4 cm³/mol. The van der Waals surface area contributed by atoms with Crippen LogP contribution in [-0.2, 0) is 4.79 Å². The van der Waals surface area contributed by atoms with Crippen LogP contribution >= 0.6 is 0 Å². The third-order valence-electron chi connectivity index (χ3n) is 3.95. The van der Waals surface area contributed by atoms with E-state index in [1.807, 2.05) is 11.9 Å². The van der Waals surface area contributed by atoms with Crippen LogP contribution in [0.2, 0.25) is 0 Å². The quantitative estimate of drug-likeness (QED) is 0.749. The van der Waals surface area contributed by atoms with Gasteiger partial charge in [-0.05, 0) is 32.4 Å². The van der Waals surface area contributed by atoms with Gasteiger partial charge in [0.25, 0.3) is 0 Å². The second-order valence-corrected chi connectivity index (χ2v) is 5.39. The lowest BCUT2D eigenvalue weighted by Crippen LogP contribution is -2.47. The molecule has 1 rings (SSSR count). The third kappa shape index (κ3) is 4.25. The molecule has 0 aliphatic carbocycles. The van der Waals surface area contributed by atoms with Crippen molar-refractivity contribution in [3.8, 4) is 0 Å². The number of rotatable bonds is 7. The Morgan fingerprint density at radius 3 is 2.83 bits per heavy atom. The van der Waals surface area contributed by atoms with E-state index in [4.69, 9.17) is 5.73 Å². The molecule has 2 unspecified atom stereocenters. The van der Waals surface area contributed by atoms with E-state index in [0.717, 1.165) is 32.4 Å². The maximum atomic E-state index is 12.1. The molecule has 0 saturated carbocycles. The van der Waals surface area contributed by atoms with Crippen molar-refractivity contribution in [2.24, 2.45) is 5.73 Å². The summed E-state index contributed by atoms with van der Waals surface area (Å²) in [7, 11) is 1.89. The molecule has 1 fully saturated rings. The maximum Gasteiger partial charge on any atom is 0.239 e. The molecule has 18 heavy (non-hydrogen) atoms. The van der Waals surface area contributed by atoms with Gasteiger partial charge < -0.3 is 10.6 Å². The van der Waals surface area contributed by atoms with Gasteiger partial charge in [0.15, 0.2) is 0 Å². The molecule has 1 aliphatic rings. The lowest BCUT2D eigenvalue weighted by atomic mass is 10.1. The van der Waals surface area contributed by atoms with E-state index in [9.17, 15) is 4.79 Å². The number of carbonyl (C=O) groups is 1. The van der Waals surface area contributed by atoms with E-state index in [2.05, 4.69) is 18.7 Å². The van der Waals surface area contributed by atoms with Gasteiger partial charge in [0.05, 0.1) is 6.04 Å². The summed E-state index contributed by atoms with van der Waals surface area (Å²) in [5.41, 5.74) is 5.94. The van der Waals surface area contributed by atoms with Crippen LogP contribution < -0.4 is 5.73 Å². The Bertz CT molecular complexity index is 257. The number of carbonyl (C=O) groups excluding carboxylic acids is 1. The topological polar surface area (TPSA) is 49.6 Å². The lowest BCUT2D eigenvalue weighted by Gasteiger charge is -2.29. The van der Waals surface area contributed by atoms with Crippen molar-refractivity contribution in [2.75, 3.05) is 26.7 Å². The second-order valence-electron chi connectivity index (χ2n) is 5.39. The van der Waals surface area contributed by atoms with E-state index in [0.29, 0.717) is 6.04 Å². The third-order valence-corrected chi connectivity index (χ3v) is 3.95. The van der Waals surface area contributed by atoms with E-state index in [1.165, 1.54) is 19.4 Å². The number of likely N-dealkylation sites (tertiary alicyclic amines) is 1. The Balaban J connectivity index is 2.39. The van der Waals surface area contributed by atoms with Crippen LogP contribution in [0.5, 0.6) is 0 Å². The highest BCUT2D eigenvalue weighted by atomic mass is 16.2. The van der Waals surface area contributed by atoms with Gasteiger partial charge in [-0.15, -0.1) is 0 Å². The molecule has 0 bridgehead atoms. The first-order chi connectivity index (χ1) is 8.60. The number of nitrogens with two attached hydrogens (primary N) is 1. The van der Waals surface area contributed by atoms with Crippen molar-refractivity contribution >= 4 is 5.91 Å². The van der Waals surface area contributed by atoms with Crippen LogP contribution in [0.15, 0.2) is 0 Å². The molecule has 1 aliphatic heterocycles. The number of hydrogen-bond acceptors (Lipinski definition) is 3. The number of hydrogen-bond donors (Lipinski definition) is 1. The zero-order valence-electron chi connectivity index (χ0n) is 12.2. The standard InChI is InChI=1S/C14H29N3O/c1-4-6-9-13(15)14(18)16(3)11-12-8-7-10-17(12)5-2/h12-13H,4-11,15H2,1-3H3. The summed E-state index contributed by atoms with van der Waals surface area (Å²) >= 11 is 0. The number of nitrogens with zero attached hydrogens (tertiary/aromatic N) is 2. The number of likely N-dealkylation sites (N-methyl/N-ethyl adjacent to an activating group) is 2. The molecule has 106 valence electrons. The van der Waals surface area contributed by atoms with E-state index < -0.39 is 0 Å². The normalized spacial score (nSPS) is 22.1. The van der Waals surface area contributed by atoms with Gasteiger partial charge in [-0.2, -0.15) is 0 Å². The fraction of sp³-hybridized carbons (Fsp3) is 0.929. The Kier molecular flexibility index (Phi) is 6.65. The highest BCUT2D eigenvalue weighted by molar-refractivity contribution is 5.81. The van der Waals surface area contributed by atoms with Gasteiger partial charge in [-0.3, -0.25) is 9.69 Å². The summed E-state index contributed by atoms with van der Waals surface area (Å²) in [6.07, 6.45) is 5.39. The van der Waals surface area contributed by atoms with Gasteiger partial charge in [-0.25, -0.2) is 0 Å². The molecule has 0 aromatic heterocycles. The van der Waals surface area contributed by atoms with Gasteiger partial charge >= 0.3 is 0 Å². The maximum absolute atomic E-state index is 12.1. The molecule has 0 radical (unpaired) electrons. The molecule has 0 aromatic rings. The molecule has 4 nitrogen and oxygen atoms in total. The zero-order valence-corrected chi connectivity index (χ0v) is 12.2. The van der Waals surface area contributed by atoms with Gasteiger partial charge in [0.2, 0.25) is 5.91 Å². The van der Waals surface area contributed by atoms with E-state index >= 15 is 0 Å². The Labute approximate surface area is 111 Å². The van der Waals surface area contributed by atoms with Crippen LogP contribution in [0.25, 0.3) is 0 Å². The van der Waals surface area contributed by atoms with Crippen LogP contribution in [0.3, 0.4) is 0 Å². The second kappa shape index (κ2) is 7.74. The zero-order chi connectivity index (χ0) is 13.5. The molecule has 1 amide bonds. The smallest absolute Gasteiger partial charge is 0.239 e. The molecule has 4 heteroatoms. The fourth-order valence-corrected chi connectivity index (χ4v) is 2.75. The number of amides is 1. The highest BCUT2D eigenvalue weighted by Gasteiger charge is 2.26. The first kappa shape index (κ1) is 15.4. The van der Waals surface area contributed by atoms with E-state index in [1.54, 1.807) is 0 Å². The molecule has 1 heterocycles. The van der Waals surface area contributed by atoms with Crippen LogP contribution in [0.1, 0.15) is 46.0 Å². The summed E-state index contributed by atoms with van der Waals surface area (Å²) in [5.74, 6) is 0.103. The summed E-state index contributed by atoms with van der Waals surface area (Å²) < 4.78 is 0. The minimum Gasteiger partial charge on any atom is -0.343 e. The minimum absolute atomic E-state index is 0.103. The van der Waals surface area contributed by atoms with Gasteiger partial charge in [0.1, 0.15) is 0 Å². The lowest BCUT2D eigenvalue weighted by molar-refractivity contribution is -0.132. The van der Waals surface area contributed by atoms with Gasteiger partial charge in [-0.1, -0.05) is 26.7 Å². The Morgan fingerprint density at radius 2 is 2.22 bits per heavy atom. The Morgan fingerprint density at radius 1 is 1.50 bits per heavy atom. The van der Waals surface area contributed by atoms with Crippen molar-refractivity contribution in [2.45, 2.75) is 58.0 Å². The molecular formula is C14H29N3O. The SMILES string of the molecule is CCCCC(N)C(=O)N(C)CC1CCCN1CC. The molecular weight excluding hydrogens is 226 g/mol. The highest BCUT2D eigenvalue weighted by Crippen LogP contribution is 2.17. The summed E-state index contributed by atoms with van der Waals surface area (Å²) in [5, 5.41) is 0. The summed E-state index contributed by atoms with van der Waals surface area (Å²) in [4.78, 5) is 16.4. The first-order valence-electron chi connectivity index (χ1n) is 7.34. The van der Waals surface area contributed by atoms with Crippen LogP contribution in [0.4, 0.5) is 0 Å². The van der Waals surface area contributed by atoms with Gasteiger partial charge in [0, 0.05) is 19.6 Å². The summed E-state index contributed by atoms with van der Waals surface area (Å²) in [6.45, 7) is 7.39. The molecule has 2 N–H and O–H groups in total. The van der Waals surface area contributed by atoms with Crippen molar-refractivity contribution in [3.63, 3.8) is 0 Å². The molecule has 1 saturated heterocycles. The van der Waals surface area contributed by atoms with E-state index in [-0.39, 0.29) is 11.9 Å². The Hall–Kier alpha value is -0.610. The van der Waals surface area contributed by atoms with Crippen molar-refractivity contribution in [1.82, 2.24) is 9.80 Å². The van der Waals surface area contributed by atoms with Crippen molar-refractivity contribution in [3.05, 3.63) is 0 Å². The average Bonchev–Trinajstić information content (AvgIpc) is 2.81. The predicted octanol–water partition coefficient (Wildman–Crippen LogP) is 1.45. The van der Waals surface area contributed by atoms with Crippen molar-refractivity contribution < 1.29 is 4.79 Å². The minimum atomic E-state index is -0.313. The average molecular weight is 255 g/mol. The number of unbranched alkanes of at least 4 members (excludes halogenated alkanes) is 1. The summed E-state index contributed by atoms with van der Waals surface area (Å²) in [6, 6.07) is 0.216. The molecule has 0 spiro atoms. The largest absolute Gasteiger partial charge is 0.343 e. The fourth-order valence-electron chi connectivity index (χ4n) is 2.75.